The van der Waals surface area contributed by atoms with Gasteiger partial charge in [-0.2, -0.15) is 0 Å². The Labute approximate surface area is 250 Å². The Balaban J connectivity index is 1.58. The summed E-state index contributed by atoms with van der Waals surface area (Å²) in [5.74, 6) is -3.33. The second-order valence-electron chi connectivity index (χ2n) is 10.6. The summed E-state index contributed by atoms with van der Waals surface area (Å²) in [4.78, 5) is 38.8. The first-order valence-corrected chi connectivity index (χ1v) is 13.5. The molecule has 2 atom stereocenters. The fourth-order valence-corrected chi connectivity index (χ4v) is 5.21. The number of hydrogen-bond donors (Lipinski definition) is 3. The minimum absolute atomic E-state index is 0.0111. The van der Waals surface area contributed by atoms with Crippen LogP contribution in [0, 0.1) is 17.2 Å². The molecular formula is C29H27Cl2FN6O4. The van der Waals surface area contributed by atoms with E-state index in [4.69, 9.17) is 23.2 Å². The Morgan fingerprint density at radius 1 is 1.14 bits per heavy atom. The molecule has 42 heavy (non-hydrogen) atoms. The molecule has 1 heterocycles. The monoisotopic (exact) mass is 612 g/mol. The van der Waals surface area contributed by atoms with E-state index in [1.54, 1.807) is 12.2 Å². The van der Waals surface area contributed by atoms with Gasteiger partial charge in [0, 0.05) is 29.7 Å². The van der Waals surface area contributed by atoms with Crippen molar-refractivity contribution in [2.45, 2.75) is 32.7 Å². The number of rotatable bonds is 8. The molecule has 3 N–H and O–H groups in total. The highest BCUT2D eigenvalue weighted by molar-refractivity contribution is 6.33. The highest BCUT2D eigenvalue weighted by Gasteiger charge is 2.47. The van der Waals surface area contributed by atoms with E-state index in [0.29, 0.717) is 5.69 Å². The number of amides is 2. The van der Waals surface area contributed by atoms with Crippen molar-refractivity contribution >= 4 is 52.7 Å². The predicted octanol–water partition coefficient (Wildman–Crippen LogP) is 5.49. The van der Waals surface area contributed by atoms with Crippen LogP contribution in [0.1, 0.15) is 43.1 Å². The van der Waals surface area contributed by atoms with Crippen molar-refractivity contribution in [3.63, 3.8) is 0 Å². The number of halogens is 3. The van der Waals surface area contributed by atoms with Gasteiger partial charge in [0.05, 0.1) is 26.8 Å². The van der Waals surface area contributed by atoms with Crippen LogP contribution >= 0.6 is 23.2 Å². The Bertz CT molecular complexity index is 1610. The van der Waals surface area contributed by atoms with E-state index >= 15 is 0 Å². The van der Waals surface area contributed by atoms with Gasteiger partial charge >= 0.3 is 5.97 Å². The van der Waals surface area contributed by atoms with Gasteiger partial charge in [-0.05, 0) is 47.0 Å². The lowest BCUT2D eigenvalue weighted by Gasteiger charge is -2.48. The number of carbonyl (C=O) groups excluding carboxylic acids is 2. The average molecular weight is 613 g/mol. The number of nitrogens with one attached hydrogen (secondary N) is 2. The number of aromatic nitrogens is 4. The second-order valence-corrected chi connectivity index (χ2v) is 11.4. The summed E-state index contributed by atoms with van der Waals surface area (Å²) in [6.45, 7) is 5.79. The Morgan fingerprint density at radius 2 is 1.90 bits per heavy atom. The fourth-order valence-electron chi connectivity index (χ4n) is 4.79. The Kier molecular flexibility index (Phi) is 8.93. The van der Waals surface area contributed by atoms with E-state index < -0.39 is 34.6 Å². The number of tetrazole rings is 1. The van der Waals surface area contributed by atoms with Crippen molar-refractivity contribution in [3.8, 4) is 5.69 Å². The normalized spacial score (nSPS) is 18.3. The number of benzene rings is 2. The molecule has 2 aromatic carbocycles. The molecule has 0 saturated carbocycles. The second kappa shape index (κ2) is 12.3. The lowest BCUT2D eigenvalue weighted by Crippen LogP contribution is -2.60. The summed E-state index contributed by atoms with van der Waals surface area (Å²) in [6.07, 6.45) is 10.9. The van der Waals surface area contributed by atoms with E-state index in [0.717, 1.165) is 4.80 Å². The summed E-state index contributed by atoms with van der Waals surface area (Å²) in [5.41, 5.74) is -1.13. The summed E-state index contributed by atoms with van der Waals surface area (Å²) >= 11 is 12.0. The van der Waals surface area contributed by atoms with Gasteiger partial charge in [0.25, 0.3) is 0 Å². The van der Waals surface area contributed by atoms with E-state index in [1.165, 1.54) is 48.8 Å². The summed E-state index contributed by atoms with van der Waals surface area (Å²) in [7, 11) is 0. The molecule has 3 aromatic rings. The van der Waals surface area contributed by atoms with Crippen molar-refractivity contribution in [1.82, 2.24) is 25.5 Å². The maximum absolute atomic E-state index is 15.0. The first kappa shape index (κ1) is 30.6. The zero-order valence-electron chi connectivity index (χ0n) is 22.8. The van der Waals surface area contributed by atoms with Gasteiger partial charge in [0.2, 0.25) is 11.8 Å². The quantitative estimate of drug-likeness (QED) is 0.286. The molecule has 1 aromatic heterocycles. The third kappa shape index (κ3) is 6.42. The molecule has 1 aliphatic rings. The van der Waals surface area contributed by atoms with Crippen molar-refractivity contribution in [2.75, 3.05) is 5.32 Å². The van der Waals surface area contributed by atoms with Gasteiger partial charge < -0.3 is 15.7 Å². The van der Waals surface area contributed by atoms with Crippen LogP contribution in [0.25, 0.3) is 11.8 Å². The van der Waals surface area contributed by atoms with Crippen molar-refractivity contribution < 1.29 is 23.9 Å². The zero-order chi connectivity index (χ0) is 30.7. The molecule has 218 valence electrons. The number of allylic oxidation sites excluding steroid dienone is 2. The van der Waals surface area contributed by atoms with Gasteiger partial charge in [-0.1, -0.05) is 68.3 Å². The molecule has 2 amide bonds. The van der Waals surface area contributed by atoms with Crippen LogP contribution < -0.4 is 10.6 Å². The minimum atomic E-state index is -1.18. The Hall–Kier alpha value is -4.35. The predicted molar refractivity (Wildman–Crippen MR) is 157 cm³/mol. The molecule has 1 unspecified atom stereocenters. The largest absolute Gasteiger partial charge is 0.478 e. The average Bonchev–Trinajstić information content (AvgIpc) is 3.44. The number of anilines is 1. The number of carboxylic acids is 1. The van der Waals surface area contributed by atoms with Crippen molar-refractivity contribution in [2.24, 2.45) is 11.3 Å². The highest BCUT2D eigenvalue weighted by atomic mass is 35.5. The summed E-state index contributed by atoms with van der Waals surface area (Å²) in [5, 5.41) is 26.2. The molecule has 0 aliphatic heterocycles. The van der Waals surface area contributed by atoms with Crippen molar-refractivity contribution in [3.05, 3.63) is 94.0 Å². The zero-order valence-corrected chi connectivity index (χ0v) is 24.3. The van der Waals surface area contributed by atoms with Gasteiger partial charge in [-0.3, -0.25) is 9.59 Å². The topological polar surface area (TPSA) is 139 Å². The lowest BCUT2D eigenvalue weighted by molar-refractivity contribution is -0.122. The summed E-state index contributed by atoms with van der Waals surface area (Å²) in [6, 6.07) is 6.98. The SMILES string of the molecule is CC(C)(C)C1(NC(=O)/C=C/c2c(-n3ncnn3)ccc(Cl)c2F)C=CC=C[C@@H]1CC(=O)Nc1ccc(C(=O)O)c(Cl)c1. The molecule has 0 saturated heterocycles. The molecule has 0 bridgehead atoms. The third-order valence-corrected chi connectivity index (χ3v) is 7.54. The van der Waals surface area contributed by atoms with Gasteiger partial charge in [0.1, 0.15) is 0 Å². The number of carboxylic acid groups (broad SMARTS) is 1. The fraction of sp³-hybridized carbons (Fsp3) is 0.241. The van der Waals surface area contributed by atoms with Crippen LogP contribution in [0.15, 0.2) is 67.0 Å². The van der Waals surface area contributed by atoms with Crippen LogP contribution in [0.4, 0.5) is 10.1 Å². The lowest BCUT2D eigenvalue weighted by atomic mass is 9.63. The van der Waals surface area contributed by atoms with Gasteiger partial charge in [-0.15, -0.1) is 15.0 Å². The molecule has 13 heteroatoms. The first-order chi connectivity index (χ1) is 19.8. The maximum atomic E-state index is 15.0. The maximum Gasteiger partial charge on any atom is 0.337 e. The first-order valence-electron chi connectivity index (χ1n) is 12.7. The molecule has 0 fully saturated rings. The molecule has 0 radical (unpaired) electrons. The van der Waals surface area contributed by atoms with Crippen molar-refractivity contribution in [1.29, 1.82) is 0 Å². The van der Waals surface area contributed by atoms with E-state index in [1.807, 2.05) is 32.9 Å². The van der Waals surface area contributed by atoms with E-state index in [2.05, 4.69) is 26.0 Å². The number of carbonyl (C=O) groups is 3. The van der Waals surface area contributed by atoms with Crippen LogP contribution in [0.2, 0.25) is 10.0 Å². The standard InChI is InChI=1S/C29H27Cl2FN6O4/c1-28(2,3)29(36-24(39)12-9-20-23(38-34-16-33-37-38)11-10-21(30)26(20)32)13-5-4-6-17(29)14-25(40)35-18-7-8-19(27(41)42)22(31)15-18/h4-13,15-17H,14H2,1-3H3,(H,35,40)(H,36,39)(H,41,42)/b12-9+/t17-,29?/m1/s1. The number of aromatic carboxylic acids is 1. The van der Waals surface area contributed by atoms with Gasteiger partial charge in [-0.25, -0.2) is 9.18 Å². The summed E-state index contributed by atoms with van der Waals surface area (Å²) < 4.78 is 15.0. The number of hydrogen-bond acceptors (Lipinski definition) is 6. The smallest absolute Gasteiger partial charge is 0.337 e. The molecule has 1 aliphatic carbocycles. The molecule has 4 rings (SSSR count). The van der Waals surface area contributed by atoms with Crippen LogP contribution in [0.3, 0.4) is 0 Å². The molecule has 0 spiro atoms. The Morgan fingerprint density at radius 3 is 2.55 bits per heavy atom. The van der Waals surface area contributed by atoms with Crippen LogP contribution in [0.5, 0.6) is 0 Å². The third-order valence-electron chi connectivity index (χ3n) is 6.93. The number of nitrogens with zero attached hydrogens (tertiary/aromatic N) is 4. The van der Waals surface area contributed by atoms with Gasteiger partial charge in [0.15, 0.2) is 12.1 Å². The minimum Gasteiger partial charge on any atom is -0.478 e. The molecular weight excluding hydrogens is 586 g/mol. The van der Waals surface area contributed by atoms with Crippen LogP contribution in [-0.2, 0) is 9.59 Å². The molecule has 10 nitrogen and oxygen atoms in total. The highest BCUT2D eigenvalue weighted by Crippen LogP contribution is 2.42. The van der Waals surface area contributed by atoms with Crippen LogP contribution in [-0.4, -0.2) is 48.6 Å². The van der Waals surface area contributed by atoms with E-state index in [-0.39, 0.29) is 39.2 Å². The van der Waals surface area contributed by atoms with E-state index in [9.17, 15) is 23.9 Å².